The van der Waals surface area contributed by atoms with Crippen molar-refractivity contribution >= 4 is 35.1 Å². The molecule has 1 N–H and O–H groups in total. The summed E-state index contributed by atoms with van der Waals surface area (Å²) in [4.78, 5) is 24.8. The van der Waals surface area contributed by atoms with E-state index >= 15 is 0 Å². The van der Waals surface area contributed by atoms with Crippen LogP contribution in [0.15, 0.2) is 48.5 Å². The number of halogens is 2. The van der Waals surface area contributed by atoms with Crippen LogP contribution in [0, 0.1) is 0 Å². The van der Waals surface area contributed by atoms with Crippen LogP contribution < -0.4 is 10.1 Å². The van der Waals surface area contributed by atoms with Gasteiger partial charge in [-0.05, 0) is 34.5 Å². The Labute approximate surface area is 188 Å². The summed E-state index contributed by atoms with van der Waals surface area (Å²) in [7, 11) is 0. The average Bonchev–Trinajstić information content (AvgIpc) is 3.20. The van der Waals surface area contributed by atoms with E-state index in [1.165, 1.54) is 0 Å². The Kier molecular flexibility index (Phi) is 7.80. The normalized spacial score (nSPS) is 11.6. The zero-order chi connectivity index (χ0) is 22.2. The molecule has 0 fully saturated rings. The number of ketones is 1. The van der Waals surface area contributed by atoms with Crippen molar-refractivity contribution in [1.82, 2.24) is 25.5 Å². The first-order valence-electron chi connectivity index (χ1n) is 9.36. The highest BCUT2D eigenvalue weighted by molar-refractivity contribution is 6.37. The second-order valence-electron chi connectivity index (χ2n) is 6.41. The second kappa shape index (κ2) is 10.7. The molecule has 0 aliphatic heterocycles. The quantitative estimate of drug-likeness (QED) is 0.509. The van der Waals surface area contributed by atoms with Crippen LogP contribution >= 0.6 is 23.2 Å². The molecule has 0 aliphatic carbocycles. The molecule has 162 valence electrons. The van der Waals surface area contributed by atoms with E-state index in [2.05, 4.69) is 20.8 Å². The van der Waals surface area contributed by atoms with Crippen LogP contribution in [0.5, 0.6) is 11.8 Å². The van der Waals surface area contributed by atoms with Gasteiger partial charge in [0.1, 0.15) is 13.2 Å². The predicted molar refractivity (Wildman–Crippen MR) is 113 cm³/mol. The largest absolute Gasteiger partial charge is 0.445 e. The molecule has 0 saturated carbocycles. The Hall–Kier alpha value is -3.17. The first-order chi connectivity index (χ1) is 15.0. The summed E-state index contributed by atoms with van der Waals surface area (Å²) in [5.41, 5.74) is 0.839. The Morgan fingerprint density at radius 3 is 2.48 bits per heavy atom. The van der Waals surface area contributed by atoms with Gasteiger partial charge in [0.25, 0.3) is 0 Å². The van der Waals surface area contributed by atoms with Gasteiger partial charge in [0.2, 0.25) is 0 Å². The molecule has 1 amide bonds. The number of amides is 1. The maximum absolute atomic E-state index is 12.7. The lowest BCUT2D eigenvalue weighted by atomic mass is 10.1. The first-order valence-corrected chi connectivity index (χ1v) is 10.1. The number of aromatic nitrogens is 4. The fourth-order valence-electron chi connectivity index (χ4n) is 2.62. The highest BCUT2D eigenvalue weighted by atomic mass is 35.5. The van der Waals surface area contributed by atoms with E-state index < -0.39 is 12.1 Å². The van der Waals surface area contributed by atoms with Crippen molar-refractivity contribution in [2.45, 2.75) is 32.5 Å². The van der Waals surface area contributed by atoms with E-state index in [1.54, 1.807) is 25.1 Å². The average molecular weight is 464 g/mol. The van der Waals surface area contributed by atoms with Gasteiger partial charge in [-0.2, -0.15) is 4.68 Å². The Bertz CT molecular complexity index is 1020. The molecule has 1 unspecified atom stereocenters. The fraction of sp³-hybridized carbons (Fsp3) is 0.250. The number of carbonyl (C=O) groups is 2. The number of carbonyl (C=O) groups excluding carboxylic acids is 2. The number of benzene rings is 2. The zero-order valence-corrected chi connectivity index (χ0v) is 18.0. The van der Waals surface area contributed by atoms with Gasteiger partial charge in [0, 0.05) is 0 Å². The summed E-state index contributed by atoms with van der Waals surface area (Å²) in [5.74, 6) is -0.162. The van der Waals surface area contributed by atoms with Crippen molar-refractivity contribution < 1.29 is 19.1 Å². The number of para-hydroxylation sites is 1. The molecule has 1 aromatic heterocycles. The summed E-state index contributed by atoms with van der Waals surface area (Å²) in [6, 6.07) is 13.2. The van der Waals surface area contributed by atoms with Crippen molar-refractivity contribution in [3.8, 4) is 11.8 Å². The first kappa shape index (κ1) is 22.5. The second-order valence-corrected chi connectivity index (χ2v) is 7.22. The smallest absolute Gasteiger partial charge is 0.408 e. The molecule has 2 aromatic carbocycles. The van der Waals surface area contributed by atoms with Gasteiger partial charge in [0.15, 0.2) is 11.5 Å². The monoisotopic (exact) mass is 463 g/mol. The summed E-state index contributed by atoms with van der Waals surface area (Å²) >= 11 is 12.2. The number of Topliss-reactive ketones (excluding diaryl/α,β-unsaturated/α-hetero) is 1. The fourth-order valence-corrected chi connectivity index (χ4v) is 3.09. The highest BCUT2D eigenvalue weighted by Gasteiger charge is 2.23. The lowest BCUT2D eigenvalue weighted by Crippen LogP contribution is -2.42. The topological polar surface area (TPSA) is 108 Å². The van der Waals surface area contributed by atoms with E-state index in [4.69, 9.17) is 32.7 Å². The summed E-state index contributed by atoms with van der Waals surface area (Å²) < 4.78 is 11.9. The van der Waals surface area contributed by atoms with Gasteiger partial charge in [0.05, 0.1) is 16.1 Å². The Morgan fingerprint density at radius 1 is 1.10 bits per heavy atom. The number of hydrogen-bond donors (Lipinski definition) is 1. The standard InChI is InChI=1S/C20H19Cl2N5O4/c1-2-16(23-20(29)30-12-13-7-4-3-5-8-13)17(28)11-27-19(24-25-26-27)31-18-14(21)9-6-10-15(18)22/h3-10,16H,2,11-12H2,1H3,(H,23,29). The number of alkyl carbamates (subject to hydrolysis) is 1. The van der Waals surface area contributed by atoms with Crippen LogP contribution in [0.1, 0.15) is 18.9 Å². The molecule has 1 atom stereocenters. The number of nitrogens with zero attached hydrogens (tertiary/aromatic N) is 4. The molecular weight excluding hydrogens is 445 g/mol. The van der Waals surface area contributed by atoms with Gasteiger partial charge in [-0.1, -0.05) is 71.6 Å². The maximum atomic E-state index is 12.7. The van der Waals surface area contributed by atoms with Crippen molar-refractivity contribution in [3.63, 3.8) is 0 Å². The van der Waals surface area contributed by atoms with Gasteiger partial charge in [-0.3, -0.25) is 4.79 Å². The van der Waals surface area contributed by atoms with Crippen LogP contribution in [0.25, 0.3) is 0 Å². The Morgan fingerprint density at radius 2 is 1.81 bits per heavy atom. The summed E-state index contributed by atoms with van der Waals surface area (Å²) in [6.45, 7) is 1.63. The minimum atomic E-state index is -0.788. The molecule has 9 nitrogen and oxygen atoms in total. The summed E-state index contributed by atoms with van der Waals surface area (Å²) in [6.07, 6.45) is -0.339. The van der Waals surface area contributed by atoms with E-state index in [9.17, 15) is 9.59 Å². The van der Waals surface area contributed by atoms with E-state index in [1.807, 2.05) is 30.3 Å². The van der Waals surface area contributed by atoms with Crippen molar-refractivity contribution in [2.75, 3.05) is 0 Å². The minimum Gasteiger partial charge on any atom is -0.445 e. The van der Waals surface area contributed by atoms with Crippen molar-refractivity contribution in [3.05, 3.63) is 64.1 Å². The Balaban J connectivity index is 1.60. The number of nitrogens with one attached hydrogen (secondary N) is 1. The van der Waals surface area contributed by atoms with Crippen molar-refractivity contribution in [1.29, 1.82) is 0 Å². The van der Waals surface area contributed by atoms with Gasteiger partial charge in [-0.25, -0.2) is 4.79 Å². The van der Waals surface area contributed by atoms with Crippen molar-refractivity contribution in [2.24, 2.45) is 0 Å². The van der Waals surface area contributed by atoms with E-state index in [0.29, 0.717) is 6.42 Å². The number of rotatable bonds is 9. The third-order valence-corrected chi connectivity index (χ3v) is 4.81. The van der Waals surface area contributed by atoms with Gasteiger partial charge >= 0.3 is 12.1 Å². The SMILES string of the molecule is CCC(NC(=O)OCc1ccccc1)C(=O)Cn1nnnc1Oc1c(Cl)cccc1Cl. The number of hydrogen-bond acceptors (Lipinski definition) is 7. The van der Waals surface area contributed by atoms with Crippen LogP contribution in [0.3, 0.4) is 0 Å². The molecule has 3 aromatic rings. The zero-order valence-electron chi connectivity index (χ0n) is 16.5. The lowest BCUT2D eigenvalue weighted by Gasteiger charge is -2.16. The molecule has 3 rings (SSSR count). The minimum absolute atomic E-state index is 0.0649. The van der Waals surface area contributed by atoms with E-state index in [-0.39, 0.29) is 40.7 Å². The van der Waals surface area contributed by atoms with Crippen LogP contribution in [0.2, 0.25) is 10.0 Å². The molecule has 0 bridgehead atoms. The molecule has 0 radical (unpaired) electrons. The molecule has 11 heteroatoms. The van der Waals surface area contributed by atoms with E-state index in [0.717, 1.165) is 10.2 Å². The lowest BCUT2D eigenvalue weighted by molar-refractivity contribution is -0.121. The van der Waals surface area contributed by atoms with Gasteiger partial charge < -0.3 is 14.8 Å². The molecule has 1 heterocycles. The predicted octanol–water partition coefficient (Wildman–Crippen LogP) is 4.05. The summed E-state index contributed by atoms with van der Waals surface area (Å²) in [5, 5.41) is 14.1. The molecule has 0 spiro atoms. The molecule has 31 heavy (non-hydrogen) atoms. The van der Waals surface area contributed by atoms with Crippen LogP contribution in [-0.4, -0.2) is 38.1 Å². The highest BCUT2D eigenvalue weighted by Crippen LogP contribution is 2.35. The number of ether oxygens (including phenoxy) is 2. The molecular formula is C20H19Cl2N5O4. The third kappa shape index (κ3) is 6.16. The third-order valence-electron chi connectivity index (χ3n) is 4.22. The van der Waals surface area contributed by atoms with Gasteiger partial charge in [-0.15, -0.1) is 0 Å². The molecule has 0 saturated heterocycles. The van der Waals surface area contributed by atoms with Crippen LogP contribution in [0.4, 0.5) is 4.79 Å². The molecule has 0 aliphatic rings. The number of tetrazole rings is 1. The van der Waals surface area contributed by atoms with Crippen LogP contribution in [-0.2, 0) is 22.7 Å². The maximum Gasteiger partial charge on any atom is 0.408 e.